The normalized spacial score (nSPS) is 15.5. The van der Waals surface area contributed by atoms with Gasteiger partial charge in [0.15, 0.2) is 0 Å². The number of rotatable bonds is 5. The Morgan fingerprint density at radius 1 is 1.44 bits per heavy atom. The molecule has 0 bridgehead atoms. The van der Waals surface area contributed by atoms with Crippen molar-refractivity contribution >= 4 is 21.7 Å². The first-order valence-electron chi connectivity index (χ1n) is 5.93. The Hall–Kier alpha value is -0.640. The SMILES string of the molecule is CC(C)c1nc(Br)cc(NCCC2CC2)n1. The summed E-state index contributed by atoms with van der Waals surface area (Å²) in [5.41, 5.74) is 0. The Balaban J connectivity index is 1.95. The van der Waals surface area contributed by atoms with Gasteiger partial charge in [-0.05, 0) is 28.3 Å². The lowest BCUT2D eigenvalue weighted by Crippen LogP contribution is -2.07. The Morgan fingerprint density at radius 2 is 2.19 bits per heavy atom. The molecule has 0 aliphatic heterocycles. The largest absolute Gasteiger partial charge is 0.370 e. The molecule has 1 aromatic heterocycles. The van der Waals surface area contributed by atoms with Crippen molar-refractivity contribution in [1.29, 1.82) is 0 Å². The zero-order valence-electron chi connectivity index (χ0n) is 9.83. The van der Waals surface area contributed by atoms with E-state index in [0.29, 0.717) is 5.92 Å². The van der Waals surface area contributed by atoms with Crippen molar-refractivity contribution in [3.63, 3.8) is 0 Å². The molecule has 1 aliphatic rings. The number of hydrogen-bond donors (Lipinski definition) is 1. The minimum Gasteiger partial charge on any atom is -0.370 e. The van der Waals surface area contributed by atoms with E-state index in [1.807, 2.05) is 6.07 Å². The van der Waals surface area contributed by atoms with E-state index in [1.54, 1.807) is 0 Å². The Bertz CT molecular complexity index is 361. The van der Waals surface area contributed by atoms with Gasteiger partial charge in [-0.2, -0.15) is 0 Å². The third kappa shape index (κ3) is 3.44. The summed E-state index contributed by atoms with van der Waals surface area (Å²) in [6.45, 7) is 5.23. The van der Waals surface area contributed by atoms with Crippen LogP contribution in [0.3, 0.4) is 0 Å². The zero-order valence-corrected chi connectivity index (χ0v) is 11.4. The lowest BCUT2D eigenvalue weighted by molar-refractivity contribution is 0.746. The van der Waals surface area contributed by atoms with E-state index in [0.717, 1.165) is 28.7 Å². The second kappa shape index (κ2) is 5.13. The fourth-order valence-corrected chi connectivity index (χ4v) is 1.99. The highest BCUT2D eigenvalue weighted by Crippen LogP contribution is 2.32. The topological polar surface area (TPSA) is 37.8 Å². The van der Waals surface area contributed by atoms with Crippen LogP contribution in [0.2, 0.25) is 0 Å². The molecular formula is C12H18BrN3. The van der Waals surface area contributed by atoms with E-state index in [2.05, 4.69) is 45.1 Å². The molecule has 0 aromatic carbocycles. The number of nitrogens with zero attached hydrogens (tertiary/aromatic N) is 2. The van der Waals surface area contributed by atoms with Crippen LogP contribution in [0.25, 0.3) is 0 Å². The van der Waals surface area contributed by atoms with Gasteiger partial charge in [0.25, 0.3) is 0 Å². The van der Waals surface area contributed by atoms with Crippen molar-refractivity contribution in [2.24, 2.45) is 5.92 Å². The molecule has 1 heterocycles. The van der Waals surface area contributed by atoms with Crippen LogP contribution in [0.1, 0.15) is 44.9 Å². The molecule has 1 aromatic rings. The molecule has 0 unspecified atom stereocenters. The number of aromatic nitrogens is 2. The summed E-state index contributed by atoms with van der Waals surface area (Å²) in [6.07, 6.45) is 4.08. The third-order valence-corrected chi connectivity index (χ3v) is 3.19. The van der Waals surface area contributed by atoms with Crippen molar-refractivity contribution in [1.82, 2.24) is 9.97 Å². The van der Waals surface area contributed by atoms with Crippen LogP contribution in [0, 0.1) is 5.92 Å². The minimum absolute atomic E-state index is 0.362. The standard InChI is InChI=1S/C12H18BrN3/c1-8(2)12-15-10(13)7-11(16-12)14-6-5-9-3-4-9/h7-9H,3-6H2,1-2H3,(H,14,15,16). The molecule has 1 saturated carbocycles. The summed E-state index contributed by atoms with van der Waals surface area (Å²) in [5.74, 6) is 3.15. The number of halogens is 1. The van der Waals surface area contributed by atoms with Gasteiger partial charge in [-0.15, -0.1) is 0 Å². The first-order valence-corrected chi connectivity index (χ1v) is 6.73. The summed E-state index contributed by atoms with van der Waals surface area (Å²) in [5, 5.41) is 3.37. The molecule has 1 N–H and O–H groups in total. The smallest absolute Gasteiger partial charge is 0.134 e. The van der Waals surface area contributed by atoms with Crippen LogP contribution < -0.4 is 5.32 Å². The van der Waals surface area contributed by atoms with Gasteiger partial charge in [-0.3, -0.25) is 0 Å². The van der Waals surface area contributed by atoms with Crippen molar-refractivity contribution < 1.29 is 0 Å². The van der Waals surface area contributed by atoms with Gasteiger partial charge in [-0.1, -0.05) is 26.7 Å². The monoisotopic (exact) mass is 283 g/mol. The molecule has 4 heteroatoms. The van der Waals surface area contributed by atoms with Crippen molar-refractivity contribution in [3.05, 3.63) is 16.5 Å². The number of nitrogens with one attached hydrogen (secondary N) is 1. The van der Waals surface area contributed by atoms with E-state index in [1.165, 1.54) is 19.3 Å². The van der Waals surface area contributed by atoms with E-state index in [9.17, 15) is 0 Å². The molecule has 3 nitrogen and oxygen atoms in total. The highest BCUT2D eigenvalue weighted by atomic mass is 79.9. The number of hydrogen-bond acceptors (Lipinski definition) is 3. The van der Waals surface area contributed by atoms with Crippen molar-refractivity contribution in [3.8, 4) is 0 Å². The maximum Gasteiger partial charge on any atom is 0.134 e. The average Bonchev–Trinajstić information content (AvgIpc) is 3.01. The van der Waals surface area contributed by atoms with Gasteiger partial charge in [-0.25, -0.2) is 9.97 Å². The molecule has 16 heavy (non-hydrogen) atoms. The molecule has 88 valence electrons. The van der Waals surface area contributed by atoms with E-state index < -0.39 is 0 Å². The third-order valence-electron chi connectivity index (χ3n) is 2.78. The fourth-order valence-electron chi connectivity index (χ4n) is 1.59. The summed E-state index contributed by atoms with van der Waals surface area (Å²) in [6, 6.07) is 1.94. The molecule has 0 spiro atoms. The van der Waals surface area contributed by atoms with Crippen LogP contribution >= 0.6 is 15.9 Å². The Kier molecular flexibility index (Phi) is 3.79. The molecule has 1 fully saturated rings. The fraction of sp³-hybridized carbons (Fsp3) is 0.667. The van der Waals surface area contributed by atoms with Crippen molar-refractivity contribution in [2.75, 3.05) is 11.9 Å². The maximum atomic E-state index is 4.50. The average molecular weight is 284 g/mol. The number of anilines is 1. The first kappa shape index (κ1) is 11.8. The van der Waals surface area contributed by atoms with Crippen molar-refractivity contribution in [2.45, 2.75) is 39.0 Å². The maximum absolute atomic E-state index is 4.50. The lowest BCUT2D eigenvalue weighted by Gasteiger charge is -2.09. The van der Waals surface area contributed by atoms with Crippen LogP contribution in [0.15, 0.2) is 10.7 Å². The second-order valence-electron chi connectivity index (χ2n) is 4.75. The molecule has 2 rings (SSSR count). The molecule has 0 saturated heterocycles. The zero-order chi connectivity index (χ0) is 11.5. The summed E-state index contributed by atoms with van der Waals surface area (Å²) < 4.78 is 0.861. The van der Waals surface area contributed by atoms with Gasteiger partial charge in [0, 0.05) is 18.5 Å². The van der Waals surface area contributed by atoms with Crippen LogP contribution in [-0.4, -0.2) is 16.5 Å². The molecular weight excluding hydrogens is 266 g/mol. The van der Waals surface area contributed by atoms with Gasteiger partial charge >= 0.3 is 0 Å². The highest BCUT2D eigenvalue weighted by molar-refractivity contribution is 9.10. The predicted octanol–water partition coefficient (Wildman–Crippen LogP) is 3.57. The lowest BCUT2D eigenvalue weighted by atomic mass is 10.2. The van der Waals surface area contributed by atoms with Gasteiger partial charge in [0.1, 0.15) is 16.2 Å². The molecule has 1 aliphatic carbocycles. The second-order valence-corrected chi connectivity index (χ2v) is 5.56. The predicted molar refractivity (Wildman–Crippen MR) is 69.7 cm³/mol. The molecule has 0 amide bonds. The van der Waals surface area contributed by atoms with Gasteiger partial charge < -0.3 is 5.32 Å². The van der Waals surface area contributed by atoms with Crippen LogP contribution in [0.4, 0.5) is 5.82 Å². The Morgan fingerprint density at radius 3 is 2.81 bits per heavy atom. The Labute approximate surface area is 105 Å². The summed E-state index contributed by atoms with van der Waals surface area (Å²) in [7, 11) is 0. The highest BCUT2D eigenvalue weighted by Gasteiger charge is 2.20. The molecule has 0 atom stereocenters. The first-order chi connectivity index (χ1) is 7.65. The summed E-state index contributed by atoms with van der Waals surface area (Å²) >= 11 is 3.42. The van der Waals surface area contributed by atoms with Gasteiger partial charge in [0.05, 0.1) is 0 Å². The van der Waals surface area contributed by atoms with Crippen LogP contribution in [0.5, 0.6) is 0 Å². The van der Waals surface area contributed by atoms with E-state index in [-0.39, 0.29) is 0 Å². The van der Waals surface area contributed by atoms with E-state index in [4.69, 9.17) is 0 Å². The molecule has 0 radical (unpaired) electrons. The van der Waals surface area contributed by atoms with E-state index >= 15 is 0 Å². The van der Waals surface area contributed by atoms with Gasteiger partial charge in [0.2, 0.25) is 0 Å². The van der Waals surface area contributed by atoms with Crippen LogP contribution in [-0.2, 0) is 0 Å². The summed E-state index contributed by atoms with van der Waals surface area (Å²) in [4.78, 5) is 8.85. The quantitative estimate of drug-likeness (QED) is 0.840. The minimum atomic E-state index is 0.362.